The van der Waals surface area contributed by atoms with Crippen LogP contribution in [-0.4, -0.2) is 43.5 Å². The van der Waals surface area contributed by atoms with Crippen molar-refractivity contribution in [2.45, 2.75) is 24.8 Å². The number of carbonyl (C=O) groups is 3. The lowest BCUT2D eigenvalue weighted by molar-refractivity contribution is -0.157. The number of ether oxygens (including phenoxy) is 2. The molecule has 0 aliphatic carbocycles. The average molecular weight is 340 g/mol. The van der Waals surface area contributed by atoms with Crippen molar-refractivity contribution in [3.8, 4) is 0 Å². The van der Waals surface area contributed by atoms with Crippen LogP contribution in [0.25, 0.3) is 0 Å². The molecule has 0 fully saturated rings. The zero-order valence-electron chi connectivity index (χ0n) is 13.3. The Morgan fingerprint density at radius 1 is 1.09 bits per heavy atom. The second-order valence-electron chi connectivity index (χ2n) is 4.24. The van der Waals surface area contributed by atoms with Crippen LogP contribution in [-0.2, 0) is 19.1 Å². The minimum Gasteiger partial charge on any atom is -0.464 e. The number of para-hydroxylation sites is 1. The SMILES string of the molecule is CCOC(=O)C(NC(=O)Nc1ccccc1SC)C(=O)OCC. The number of amides is 2. The third kappa shape index (κ3) is 5.82. The van der Waals surface area contributed by atoms with E-state index in [9.17, 15) is 14.4 Å². The molecule has 2 N–H and O–H groups in total. The highest BCUT2D eigenvalue weighted by Crippen LogP contribution is 2.24. The van der Waals surface area contributed by atoms with Crippen LogP contribution in [0.3, 0.4) is 0 Å². The Balaban J connectivity index is 2.80. The van der Waals surface area contributed by atoms with Crippen molar-refractivity contribution in [1.29, 1.82) is 0 Å². The van der Waals surface area contributed by atoms with Crippen LogP contribution >= 0.6 is 11.8 Å². The molecule has 2 amide bonds. The molecule has 7 nitrogen and oxygen atoms in total. The molecule has 8 heteroatoms. The Hall–Kier alpha value is -2.22. The number of benzene rings is 1. The maximum Gasteiger partial charge on any atom is 0.340 e. The zero-order chi connectivity index (χ0) is 17.2. The number of anilines is 1. The topological polar surface area (TPSA) is 93.7 Å². The fraction of sp³-hybridized carbons (Fsp3) is 0.400. The summed E-state index contributed by atoms with van der Waals surface area (Å²) in [5, 5.41) is 4.88. The summed E-state index contributed by atoms with van der Waals surface area (Å²) in [6.45, 7) is 3.39. The van der Waals surface area contributed by atoms with Crippen molar-refractivity contribution < 1.29 is 23.9 Å². The van der Waals surface area contributed by atoms with Crippen molar-refractivity contribution in [3.05, 3.63) is 24.3 Å². The molecular weight excluding hydrogens is 320 g/mol. The van der Waals surface area contributed by atoms with E-state index in [4.69, 9.17) is 9.47 Å². The second kappa shape index (κ2) is 9.73. The van der Waals surface area contributed by atoms with Crippen LogP contribution < -0.4 is 10.6 Å². The molecule has 0 saturated carbocycles. The number of thioether (sulfide) groups is 1. The van der Waals surface area contributed by atoms with Gasteiger partial charge in [0.05, 0.1) is 18.9 Å². The van der Waals surface area contributed by atoms with E-state index in [1.807, 2.05) is 18.4 Å². The predicted molar refractivity (Wildman–Crippen MR) is 87.4 cm³/mol. The maximum absolute atomic E-state index is 12.1. The third-order valence-electron chi connectivity index (χ3n) is 2.68. The number of hydrogen-bond acceptors (Lipinski definition) is 6. The first-order valence-corrected chi connectivity index (χ1v) is 8.29. The summed E-state index contributed by atoms with van der Waals surface area (Å²) >= 11 is 1.46. The zero-order valence-corrected chi connectivity index (χ0v) is 14.1. The minimum absolute atomic E-state index is 0.0906. The highest BCUT2D eigenvalue weighted by atomic mass is 32.2. The largest absolute Gasteiger partial charge is 0.464 e. The number of nitrogens with one attached hydrogen (secondary N) is 2. The number of esters is 2. The molecule has 0 spiro atoms. The van der Waals surface area contributed by atoms with Crippen LogP contribution in [0, 0.1) is 0 Å². The van der Waals surface area contributed by atoms with Gasteiger partial charge in [0.25, 0.3) is 0 Å². The van der Waals surface area contributed by atoms with E-state index >= 15 is 0 Å². The lowest BCUT2D eigenvalue weighted by atomic mass is 10.3. The van der Waals surface area contributed by atoms with Gasteiger partial charge in [0, 0.05) is 4.90 Å². The Kier molecular flexibility index (Phi) is 7.96. The van der Waals surface area contributed by atoms with Gasteiger partial charge >= 0.3 is 18.0 Å². The molecule has 0 aliphatic heterocycles. The summed E-state index contributed by atoms with van der Waals surface area (Å²) in [5.41, 5.74) is 0.573. The first-order valence-electron chi connectivity index (χ1n) is 7.07. The fourth-order valence-corrected chi connectivity index (χ4v) is 2.26. The quantitative estimate of drug-likeness (QED) is 0.448. The highest BCUT2D eigenvalue weighted by molar-refractivity contribution is 7.98. The highest BCUT2D eigenvalue weighted by Gasteiger charge is 2.31. The van der Waals surface area contributed by atoms with Gasteiger partial charge in [0.2, 0.25) is 6.04 Å². The predicted octanol–water partition coefficient (Wildman–Crippen LogP) is 2.02. The summed E-state index contributed by atoms with van der Waals surface area (Å²) in [7, 11) is 0. The molecule has 0 saturated heterocycles. The van der Waals surface area contributed by atoms with Gasteiger partial charge in [0.1, 0.15) is 0 Å². The number of rotatable bonds is 7. The summed E-state index contributed by atoms with van der Waals surface area (Å²) in [6.07, 6.45) is 1.87. The second-order valence-corrected chi connectivity index (χ2v) is 5.08. The van der Waals surface area contributed by atoms with Gasteiger partial charge in [-0.1, -0.05) is 12.1 Å². The summed E-state index contributed by atoms with van der Waals surface area (Å²) < 4.78 is 9.56. The molecule has 1 aromatic carbocycles. The summed E-state index contributed by atoms with van der Waals surface area (Å²) in [5.74, 6) is -1.72. The monoisotopic (exact) mass is 340 g/mol. The van der Waals surface area contributed by atoms with Gasteiger partial charge in [-0.15, -0.1) is 11.8 Å². The lowest BCUT2D eigenvalue weighted by Crippen LogP contribution is -2.49. The molecule has 0 atom stereocenters. The van der Waals surface area contributed by atoms with Crippen LogP contribution in [0.4, 0.5) is 10.5 Å². The Morgan fingerprint density at radius 3 is 2.17 bits per heavy atom. The fourth-order valence-electron chi connectivity index (χ4n) is 1.70. The first-order chi connectivity index (χ1) is 11.0. The van der Waals surface area contributed by atoms with E-state index in [0.29, 0.717) is 5.69 Å². The Bertz CT molecular complexity index is 547. The normalized spacial score (nSPS) is 10.1. The van der Waals surface area contributed by atoms with Gasteiger partial charge in [0.15, 0.2) is 0 Å². The Labute approximate surface area is 139 Å². The standard InChI is InChI=1S/C15H20N2O5S/c1-4-21-13(18)12(14(19)22-5-2)17-15(20)16-10-8-6-7-9-11(10)23-3/h6-9,12H,4-5H2,1-3H3,(H2,16,17,20). The molecule has 0 aromatic heterocycles. The van der Waals surface area contributed by atoms with Crippen LogP contribution in [0.5, 0.6) is 0 Å². The molecule has 1 rings (SSSR count). The van der Waals surface area contributed by atoms with Crippen molar-refractivity contribution in [1.82, 2.24) is 5.32 Å². The molecule has 1 aromatic rings. The smallest absolute Gasteiger partial charge is 0.340 e. The van der Waals surface area contributed by atoms with Gasteiger partial charge in [-0.3, -0.25) is 0 Å². The molecule has 0 bridgehead atoms. The molecular formula is C15H20N2O5S. The molecule has 0 radical (unpaired) electrons. The molecule has 0 heterocycles. The average Bonchev–Trinajstić information content (AvgIpc) is 2.53. The van der Waals surface area contributed by atoms with E-state index in [-0.39, 0.29) is 13.2 Å². The number of carbonyl (C=O) groups excluding carboxylic acids is 3. The van der Waals surface area contributed by atoms with E-state index in [1.165, 1.54) is 11.8 Å². The first kappa shape index (κ1) is 18.8. The minimum atomic E-state index is -1.50. The van der Waals surface area contributed by atoms with Crippen LogP contribution in [0.2, 0.25) is 0 Å². The van der Waals surface area contributed by atoms with Crippen molar-refractivity contribution in [3.63, 3.8) is 0 Å². The van der Waals surface area contributed by atoms with E-state index in [1.54, 1.807) is 26.0 Å². The van der Waals surface area contributed by atoms with Crippen molar-refractivity contribution >= 4 is 35.4 Å². The molecule has 126 valence electrons. The van der Waals surface area contributed by atoms with E-state index in [0.717, 1.165) is 4.90 Å². The van der Waals surface area contributed by atoms with Crippen molar-refractivity contribution in [2.24, 2.45) is 0 Å². The van der Waals surface area contributed by atoms with E-state index in [2.05, 4.69) is 10.6 Å². The summed E-state index contributed by atoms with van der Waals surface area (Å²) in [4.78, 5) is 36.5. The Morgan fingerprint density at radius 2 is 1.65 bits per heavy atom. The van der Waals surface area contributed by atoms with Crippen molar-refractivity contribution in [2.75, 3.05) is 24.8 Å². The molecule has 0 aliphatic rings. The van der Waals surface area contributed by atoms with Gasteiger partial charge in [-0.2, -0.15) is 0 Å². The third-order valence-corrected chi connectivity index (χ3v) is 3.47. The van der Waals surface area contributed by atoms with Gasteiger partial charge < -0.3 is 20.1 Å². The molecule has 0 unspecified atom stereocenters. The molecule has 23 heavy (non-hydrogen) atoms. The number of urea groups is 1. The van der Waals surface area contributed by atoms with Crippen LogP contribution in [0.15, 0.2) is 29.2 Å². The number of hydrogen-bond donors (Lipinski definition) is 2. The van der Waals surface area contributed by atoms with Crippen LogP contribution in [0.1, 0.15) is 13.8 Å². The maximum atomic E-state index is 12.1. The lowest BCUT2D eigenvalue weighted by Gasteiger charge is -2.17. The van der Waals surface area contributed by atoms with E-state index < -0.39 is 24.0 Å². The van der Waals surface area contributed by atoms with Gasteiger partial charge in [-0.25, -0.2) is 14.4 Å². The van der Waals surface area contributed by atoms with Gasteiger partial charge in [-0.05, 0) is 32.2 Å². The summed E-state index contributed by atoms with van der Waals surface area (Å²) in [6, 6.07) is 4.97.